The molecule has 29 heavy (non-hydrogen) atoms. The molecule has 2 rings (SSSR count). The Morgan fingerprint density at radius 2 is 1.66 bits per heavy atom. The average molecular weight is 401 g/mol. The van der Waals surface area contributed by atoms with Crippen molar-refractivity contribution in [1.29, 1.82) is 0 Å². The number of anilines is 1. The van der Waals surface area contributed by atoms with Crippen molar-refractivity contribution in [2.24, 2.45) is 0 Å². The van der Waals surface area contributed by atoms with E-state index in [1.54, 1.807) is 31.4 Å². The van der Waals surface area contributed by atoms with E-state index in [4.69, 9.17) is 4.74 Å². The first-order valence-corrected chi connectivity index (χ1v) is 8.37. The number of nitro groups is 1. The second kappa shape index (κ2) is 10.3. The molecule has 152 valence electrons. The Morgan fingerprint density at radius 1 is 1.00 bits per heavy atom. The molecular formula is C18H19N5O6. The van der Waals surface area contributed by atoms with E-state index < -0.39 is 29.2 Å². The number of ether oxygens (including phenoxy) is 1. The number of hydrazine groups is 1. The van der Waals surface area contributed by atoms with Crippen molar-refractivity contribution < 1.29 is 24.0 Å². The number of rotatable bonds is 8. The number of nitrogens with one attached hydrogen (secondary N) is 4. The number of carbonyl (C=O) groups is 3. The largest absolute Gasteiger partial charge is 0.497 e. The van der Waals surface area contributed by atoms with Crippen LogP contribution in [0.25, 0.3) is 0 Å². The normalized spacial score (nSPS) is 9.83. The summed E-state index contributed by atoms with van der Waals surface area (Å²) >= 11 is 0. The van der Waals surface area contributed by atoms with Gasteiger partial charge < -0.3 is 15.4 Å². The number of methoxy groups -OCH3 is 1. The summed E-state index contributed by atoms with van der Waals surface area (Å²) < 4.78 is 5.03. The fraction of sp³-hybridized carbons (Fsp3) is 0.167. The van der Waals surface area contributed by atoms with Gasteiger partial charge in [-0.1, -0.05) is 6.07 Å². The quantitative estimate of drug-likeness (QED) is 0.373. The Balaban J connectivity index is 1.70. The third-order valence-corrected chi connectivity index (χ3v) is 3.61. The van der Waals surface area contributed by atoms with Crippen LogP contribution in [0, 0.1) is 10.1 Å². The van der Waals surface area contributed by atoms with Crippen molar-refractivity contribution in [3.8, 4) is 5.75 Å². The van der Waals surface area contributed by atoms with E-state index in [9.17, 15) is 24.5 Å². The van der Waals surface area contributed by atoms with Gasteiger partial charge in [0, 0.05) is 23.4 Å². The van der Waals surface area contributed by atoms with Gasteiger partial charge in [0.1, 0.15) is 5.75 Å². The Morgan fingerprint density at radius 3 is 2.28 bits per heavy atom. The number of hydrogen-bond donors (Lipinski definition) is 4. The summed E-state index contributed by atoms with van der Waals surface area (Å²) in [6.07, 6.45) is 0. The van der Waals surface area contributed by atoms with Crippen molar-refractivity contribution in [2.75, 3.05) is 25.5 Å². The Hall–Kier alpha value is -4.15. The van der Waals surface area contributed by atoms with Crippen molar-refractivity contribution in [2.45, 2.75) is 0 Å². The van der Waals surface area contributed by atoms with Crippen molar-refractivity contribution in [3.63, 3.8) is 0 Å². The molecule has 11 nitrogen and oxygen atoms in total. The number of nitro benzene ring substituents is 1. The summed E-state index contributed by atoms with van der Waals surface area (Å²) in [5, 5.41) is 15.9. The van der Waals surface area contributed by atoms with Crippen LogP contribution in [0.1, 0.15) is 10.4 Å². The molecule has 0 atom stereocenters. The maximum atomic E-state index is 11.9. The van der Waals surface area contributed by atoms with E-state index in [0.29, 0.717) is 11.4 Å². The van der Waals surface area contributed by atoms with Crippen LogP contribution in [-0.2, 0) is 9.59 Å². The molecule has 0 radical (unpaired) electrons. The number of hydrogen-bond acceptors (Lipinski definition) is 7. The van der Waals surface area contributed by atoms with Gasteiger partial charge in [0.25, 0.3) is 23.4 Å². The molecule has 0 heterocycles. The molecule has 0 saturated heterocycles. The minimum absolute atomic E-state index is 0.0414. The van der Waals surface area contributed by atoms with Gasteiger partial charge in [-0.15, -0.1) is 0 Å². The van der Waals surface area contributed by atoms with Crippen LogP contribution >= 0.6 is 0 Å². The zero-order valence-corrected chi connectivity index (χ0v) is 15.4. The first-order valence-electron chi connectivity index (χ1n) is 8.37. The number of benzene rings is 2. The third kappa shape index (κ3) is 6.82. The molecule has 2 aromatic rings. The van der Waals surface area contributed by atoms with Gasteiger partial charge in [0.05, 0.1) is 25.1 Å². The van der Waals surface area contributed by atoms with Gasteiger partial charge in [-0.05, 0) is 30.3 Å². The van der Waals surface area contributed by atoms with Crippen LogP contribution in [0.2, 0.25) is 0 Å². The summed E-state index contributed by atoms with van der Waals surface area (Å²) in [5.74, 6) is -1.14. The van der Waals surface area contributed by atoms with Crippen LogP contribution in [0.3, 0.4) is 0 Å². The molecule has 0 bridgehead atoms. The highest BCUT2D eigenvalue weighted by Gasteiger charge is 2.12. The fourth-order valence-electron chi connectivity index (χ4n) is 2.14. The van der Waals surface area contributed by atoms with E-state index in [1.807, 2.05) is 0 Å². The highest BCUT2D eigenvalue weighted by Crippen LogP contribution is 2.14. The lowest BCUT2D eigenvalue weighted by Gasteiger charge is -2.10. The number of amides is 3. The van der Waals surface area contributed by atoms with Crippen molar-refractivity contribution in [1.82, 2.24) is 16.2 Å². The SMILES string of the molecule is COc1ccc(NCC(=O)NNC(=O)CNC(=O)c2cccc([N+](=O)[O-])c2)cc1. The maximum Gasteiger partial charge on any atom is 0.270 e. The zero-order valence-electron chi connectivity index (χ0n) is 15.4. The number of nitrogens with zero attached hydrogens (tertiary/aromatic N) is 1. The van der Waals surface area contributed by atoms with Crippen molar-refractivity contribution in [3.05, 3.63) is 64.2 Å². The molecule has 0 aromatic heterocycles. The molecule has 4 N–H and O–H groups in total. The Bertz CT molecular complexity index is 900. The van der Waals surface area contributed by atoms with Gasteiger partial charge in [0.15, 0.2) is 0 Å². The Kier molecular flexibility index (Phi) is 7.48. The molecule has 0 saturated carbocycles. The van der Waals surface area contributed by atoms with E-state index in [0.717, 1.165) is 6.07 Å². The van der Waals surface area contributed by atoms with E-state index in [1.165, 1.54) is 18.2 Å². The summed E-state index contributed by atoms with van der Waals surface area (Å²) in [5.41, 5.74) is 4.84. The van der Waals surface area contributed by atoms with Crippen LogP contribution < -0.4 is 26.2 Å². The molecule has 2 aromatic carbocycles. The van der Waals surface area contributed by atoms with Gasteiger partial charge in [-0.2, -0.15) is 0 Å². The molecule has 11 heteroatoms. The van der Waals surface area contributed by atoms with Gasteiger partial charge in [-0.3, -0.25) is 35.3 Å². The molecule has 0 unspecified atom stereocenters. The third-order valence-electron chi connectivity index (χ3n) is 3.61. The molecule has 0 aliphatic heterocycles. The second-order valence-corrected chi connectivity index (χ2v) is 5.67. The van der Waals surface area contributed by atoms with E-state index in [-0.39, 0.29) is 17.8 Å². The monoisotopic (exact) mass is 401 g/mol. The predicted octanol–water partition coefficient (Wildman–Crippen LogP) is 0.593. The minimum Gasteiger partial charge on any atom is -0.497 e. The standard InChI is InChI=1S/C18H19N5O6/c1-29-15-7-5-13(6-8-15)19-10-16(24)21-22-17(25)11-20-18(26)12-3-2-4-14(9-12)23(27)28/h2-9,19H,10-11H2,1H3,(H,20,26)(H,21,24)(H,22,25). The van der Waals surface area contributed by atoms with Crippen molar-refractivity contribution >= 4 is 29.1 Å². The van der Waals surface area contributed by atoms with E-state index >= 15 is 0 Å². The fourth-order valence-corrected chi connectivity index (χ4v) is 2.14. The first-order chi connectivity index (χ1) is 13.9. The van der Waals surface area contributed by atoms with E-state index in [2.05, 4.69) is 21.5 Å². The lowest BCUT2D eigenvalue weighted by Crippen LogP contribution is -2.47. The lowest BCUT2D eigenvalue weighted by molar-refractivity contribution is -0.384. The molecular weight excluding hydrogens is 382 g/mol. The summed E-state index contributed by atoms with van der Waals surface area (Å²) in [6, 6.07) is 12.0. The first kappa shape index (κ1) is 21.2. The number of carbonyl (C=O) groups excluding carboxylic acids is 3. The second-order valence-electron chi connectivity index (χ2n) is 5.67. The van der Waals surface area contributed by atoms with Crippen LogP contribution in [-0.4, -0.2) is 42.8 Å². The molecule has 0 spiro atoms. The zero-order chi connectivity index (χ0) is 21.2. The van der Waals surface area contributed by atoms with Gasteiger partial charge >= 0.3 is 0 Å². The van der Waals surface area contributed by atoms with Gasteiger partial charge in [-0.25, -0.2) is 0 Å². The summed E-state index contributed by atoms with van der Waals surface area (Å²) in [6.45, 7) is -0.514. The maximum absolute atomic E-state index is 11.9. The predicted molar refractivity (Wildman–Crippen MR) is 103 cm³/mol. The van der Waals surface area contributed by atoms with Crippen LogP contribution in [0.5, 0.6) is 5.75 Å². The smallest absolute Gasteiger partial charge is 0.270 e. The number of non-ortho nitro benzene ring substituents is 1. The molecule has 0 aliphatic carbocycles. The average Bonchev–Trinajstić information content (AvgIpc) is 2.74. The summed E-state index contributed by atoms with van der Waals surface area (Å²) in [7, 11) is 1.55. The topological polar surface area (TPSA) is 152 Å². The molecule has 0 fully saturated rings. The van der Waals surface area contributed by atoms with Gasteiger partial charge in [0.2, 0.25) is 0 Å². The molecule has 0 aliphatic rings. The molecule has 3 amide bonds. The highest BCUT2D eigenvalue weighted by atomic mass is 16.6. The Labute approximate surface area is 165 Å². The lowest BCUT2D eigenvalue weighted by atomic mass is 10.2. The summed E-state index contributed by atoms with van der Waals surface area (Å²) in [4.78, 5) is 45.5. The minimum atomic E-state index is -0.665. The van der Waals surface area contributed by atoms with Crippen LogP contribution in [0.4, 0.5) is 11.4 Å². The highest BCUT2D eigenvalue weighted by molar-refractivity contribution is 5.97. The van der Waals surface area contributed by atoms with Crippen LogP contribution in [0.15, 0.2) is 48.5 Å².